The number of hydrogen-bond donors (Lipinski definition) is 1. The van der Waals surface area contributed by atoms with E-state index in [2.05, 4.69) is 45.3 Å². The van der Waals surface area contributed by atoms with E-state index in [9.17, 15) is 0 Å². The van der Waals surface area contributed by atoms with Crippen LogP contribution >= 0.6 is 15.9 Å². The maximum Gasteiger partial charge on any atom is 0.0738 e. The van der Waals surface area contributed by atoms with Crippen molar-refractivity contribution < 1.29 is 0 Å². The average Bonchev–Trinajstić information content (AvgIpc) is 2.93. The Morgan fingerprint density at radius 2 is 2.15 bits per heavy atom. The Morgan fingerprint density at radius 1 is 1.40 bits per heavy atom. The molecule has 20 heavy (non-hydrogen) atoms. The van der Waals surface area contributed by atoms with Gasteiger partial charge in [-0.25, -0.2) is 0 Å². The molecule has 1 aliphatic carbocycles. The SMILES string of the molecule is Cc1nn(C)c(CC2(CN)CCc3ccccc32)c1Br. The summed E-state index contributed by atoms with van der Waals surface area (Å²) in [5, 5.41) is 4.50. The van der Waals surface area contributed by atoms with Crippen molar-refractivity contribution in [3.8, 4) is 0 Å². The van der Waals surface area contributed by atoms with Crippen LogP contribution in [0, 0.1) is 6.92 Å². The third kappa shape index (κ3) is 2.02. The first-order chi connectivity index (χ1) is 9.57. The van der Waals surface area contributed by atoms with E-state index < -0.39 is 0 Å². The highest BCUT2D eigenvalue weighted by Gasteiger charge is 2.38. The third-order valence-electron chi connectivity index (χ3n) is 4.62. The molecule has 0 bridgehead atoms. The number of hydrogen-bond acceptors (Lipinski definition) is 2. The van der Waals surface area contributed by atoms with Crippen molar-refractivity contribution >= 4 is 15.9 Å². The minimum absolute atomic E-state index is 0.0549. The molecule has 1 atom stereocenters. The van der Waals surface area contributed by atoms with E-state index in [0.717, 1.165) is 29.4 Å². The van der Waals surface area contributed by atoms with Gasteiger partial charge in [-0.15, -0.1) is 0 Å². The maximum absolute atomic E-state index is 6.19. The molecule has 1 aromatic heterocycles. The van der Waals surface area contributed by atoms with Gasteiger partial charge in [0.25, 0.3) is 0 Å². The molecule has 0 saturated carbocycles. The Bertz CT molecular complexity index is 647. The van der Waals surface area contributed by atoms with Crippen LogP contribution in [0.3, 0.4) is 0 Å². The Labute approximate surface area is 128 Å². The van der Waals surface area contributed by atoms with Crippen LogP contribution in [0.4, 0.5) is 0 Å². The first-order valence-electron chi connectivity index (χ1n) is 7.04. The summed E-state index contributed by atoms with van der Waals surface area (Å²) < 4.78 is 3.11. The summed E-state index contributed by atoms with van der Waals surface area (Å²) in [7, 11) is 2.01. The van der Waals surface area contributed by atoms with E-state index in [-0.39, 0.29) is 5.41 Å². The molecule has 0 fully saturated rings. The fourth-order valence-corrected chi connectivity index (χ4v) is 3.90. The van der Waals surface area contributed by atoms with E-state index in [1.807, 2.05) is 18.7 Å². The Balaban J connectivity index is 2.04. The molecule has 0 saturated heterocycles. The van der Waals surface area contributed by atoms with E-state index >= 15 is 0 Å². The van der Waals surface area contributed by atoms with E-state index in [1.54, 1.807) is 0 Å². The number of nitrogens with zero attached hydrogens (tertiary/aromatic N) is 2. The molecule has 0 amide bonds. The van der Waals surface area contributed by atoms with Crippen molar-refractivity contribution in [3.05, 3.63) is 51.3 Å². The largest absolute Gasteiger partial charge is 0.330 e. The van der Waals surface area contributed by atoms with Crippen LogP contribution in [0.2, 0.25) is 0 Å². The van der Waals surface area contributed by atoms with Gasteiger partial charge >= 0.3 is 0 Å². The van der Waals surface area contributed by atoms with Crippen LogP contribution in [0.5, 0.6) is 0 Å². The predicted molar refractivity (Wildman–Crippen MR) is 84.8 cm³/mol. The third-order valence-corrected chi connectivity index (χ3v) is 5.65. The minimum Gasteiger partial charge on any atom is -0.330 e. The lowest BCUT2D eigenvalue weighted by Gasteiger charge is -2.29. The van der Waals surface area contributed by atoms with Gasteiger partial charge in [-0.1, -0.05) is 24.3 Å². The fourth-order valence-electron chi connectivity index (χ4n) is 3.42. The summed E-state index contributed by atoms with van der Waals surface area (Å²) in [6.07, 6.45) is 3.19. The molecular formula is C16H20BrN3. The quantitative estimate of drug-likeness (QED) is 0.938. The lowest BCUT2D eigenvalue weighted by Crippen LogP contribution is -2.36. The van der Waals surface area contributed by atoms with Crippen molar-refractivity contribution in [2.45, 2.75) is 31.6 Å². The summed E-state index contributed by atoms with van der Waals surface area (Å²) in [4.78, 5) is 0. The van der Waals surface area contributed by atoms with Gasteiger partial charge in [-0.2, -0.15) is 5.10 Å². The standard InChI is InChI=1S/C16H20BrN3/c1-11-15(17)14(20(2)19-11)9-16(10-18)8-7-12-5-3-4-6-13(12)16/h3-6H,7-10,18H2,1-2H3. The first kappa shape index (κ1) is 13.8. The van der Waals surface area contributed by atoms with Gasteiger partial charge in [-0.3, -0.25) is 4.68 Å². The molecule has 0 spiro atoms. The number of fused-ring (bicyclic) bond motifs is 1. The van der Waals surface area contributed by atoms with Crippen LogP contribution in [0.1, 0.15) is 28.9 Å². The Morgan fingerprint density at radius 3 is 2.80 bits per heavy atom. The molecule has 106 valence electrons. The second-order valence-corrected chi connectivity index (χ2v) is 6.58. The monoisotopic (exact) mass is 333 g/mol. The predicted octanol–water partition coefficient (Wildman–Crippen LogP) is 2.88. The zero-order chi connectivity index (χ0) is 14.3. The molecule has 2 aromatic rings. The molecule has 4 heteroatoms. The van der Waals surface area contributed by atoms with Crippen molar-refractivity contribution in [1.29, 1.82) is 0 Å². The van der Waals surface area contributed by atoms with Gasteiger partial charge in [0, 0.05) is 25.4 Å². The van der Waals surface area contributed by atoms with Gasteiger partial charge in [0.05, 0.1) is 15.9 Å². The van der Waals surface area contributed by atoms with Gasteiger partial charge in [-0.05, 0) is 46.8 Å². The number of nitrogens with two attached hydrogens (primary N) is 1. The Hall–Kier alpha value is -1.13. The highest BCUT2D eigenvalue weighted by molar-refractivity contribution is 9.10. The first-order valence-corrected chi connectivity index (χ1v) is 7.83. The van der Waals surface area contributed by atoms with Gasteiger partial charge in [0.2, 0.25) is 0 Å². The van der Waals surface area contributed by atoms with Crippen molar-refractivity contribution in [2.75, 3.05) is 6.54 Å². The molecule has 1 aliphatic rings. The molecular weight excluding hydrogens is 314 g/mol. The summed E-state index contributed by atoms with van der Waals surface area (Å²) in [6, 6.07) is 8.72. The summed E-state index contributed by atoms with van der Waals surface area (Å²) in [5.74, 6) is 0. The molecule has 0 radical (unpaired) electrons. The van der Waals surface area contributed by atoms with Crippen molar-refractivity contribution in [1.82, 2.24) is 9.78 Å². The molecule has 3 rings (SSSR count). The number of aromatic nitrogens is 2. The number of benzene rings is 1. The van der Waals surface area contributed by atoms with E-state index in [1.165, 1.54) is 16.8 Å². The summed E-state index contributed by atoms with van der Waals surface area (Å²) in [5.41, 5.74) is 11.4. The average molecular weight is 334 g/mol. The lowest BCUT2D eigenvalue weighted by atomic mass is 9.78. The second kappa shape index (κ2) is 5.01. The van der Waals surface area contributed by atoms with Crippen LogP contribution in [0.25, 0.3) is 0 Å². The van der Waals surface area contributed by atoms with E-state index in [0.29, 0.717) is 6.54 Å². The van der Waals surface area contributed by atoms with Crippen LogP contribution in [-0.4, -0.2) is 16.3 Å². The van der Waals surface area contributed by atoms with Gasteiger partial charge < -0.3 is 5.73 Å². The van der Waals surface area contributed by atoms with Crippen LogP contribution in [0.15, 0.2) is 28.7 Å². The number of rotatable bonds is 3. The van der Waals surface area contributed by atoms with Crippen molar-refractivity contribution in [3.63, 3.8) is 0 Å². The summed E-state index contributed by atoms with van der Waals surface area (Å²) >= 11 is 3.68. The zero-order valence-electron chi connectivity index (χ0n) is 12.0. The molecule has 3 nitrogen and oxygen atoms in total. The second-order valence-electron chi connectivity index (χ2n) is 5.79. The highest BCUT2D eigenvalue weighted by atomic mass is 79.9. The van der Waals surface area contributed by atoms with Gasteiger partial charge in [0.1, 0.15) is 0 Å². The molecule has 2 N–H and O–H groups in total. The molecule has 1 unspecified atom stereocenters. The normalized spacial score (nSPS) is 21.2. The van der Waals surface area contributed by atoms with Crippen molar-refractivity contribution in [2.24, 2.45) is 12.8 Å². The highest BCUT2D eigenvalue weighted by Crippen LogP contribution is 2.41. The summed E-state index contributed by atoms with van der Waals surface area (Å²) in [6.45, 7) is 2.71. The van der Waals surface area contributed by atoms with Gasteiger partial charge in [0.15, 0.2) is 0 Å². The lowest BCUT2D eigenvalue weighted by molar-refractivity contribution is 0.418. The number of aryl methyl sites for hydroxylation is 3. The van der Waals surface area contributed by atoms with E-state index in [4.69, 9.17) is 5.73 Å². The zero-order valence-corrected chi connectivity index (χ0v) is 13.6. The maximum atomic E-state index is 6.19. The van der Waals surface area contributed by atoms with Crippen LogP contribution < -0.4 is 5.73 Å². The molecule has 1 heterocycles. The molecule has 1 aromatic carbocycles. The smallest absolute Gasteiger partial charge is 0.0738 e. The number of halogens is 1. The molecule has 0 aliphatic heterocycles. The topological polar surface area (TPSA) is 43.8 Å². The Kier molecular flexibility index (Phi) is 3.46. The van der Waals surface area contributed by atoms with Crippen LogP contribution in [-0.2, 0) is 25.3 Å². The fraction of sp³-hybridized carbons (Fsp3) is 0.438. The minimum atomic E-state index is 0.0549.